The maximum absolute atomic E-state index is 12.9. The lowest BCUT2D eigenvalue weighted by Crippen LogP contribution is -2.30. The van der Waals surface area contributed by atoms with E-state index in [1.165, 1.54) is 116 Å². The van der Waals surface area contributed by atoms with Gasteiger partial charge in [-0.2, -0.15) is 0 Å². The first-order chi connectivity index (χ1) is 51.2. The summed E-state index contributed by atoms with van der Waals surface area (Å²) in [4.78, 5) is 58.6. The number of ether oxygens (including phenoxy) is 3. The number of phosphoric ester groups is 2. The molecule has 0 aliphatic rings. The molecule has 0 aromatic rings. The van der Waals surface area contributed by atoms with Gasteiger partial charge in [-0.05, 0) is 128 Å². The molecule has 18 heteroatoms. The highest BCUT2D eigenvalue weighted by molar-refractivity contribution is 7.47. The second kappa shape index (κ2) is 79.2. The second-order valence-corrected chi connectivity index (χ2v) is 30.4. The molecular weight excluding hydrogens is 1360 g/mol. The summed E-state index contributed by atoms with van der Waals surface area (Å²) in [6.07, 6.45) is 96.8. The highest BCUT2D eigenvalue weighted by Gasteiger charge is 2.29. The summed E-state index contributed by atoms with van der Waals surface area (Å²) < 4.78 is 61.1. The van der Waals surface area contributed by atoms with E-state index in [0.29, 0.717) is 19.3 Å². The fourth-order valence-corrected chi connectivity index (χ4v) is 12.7. The van der Waals surface area contributed by atoms with Crippen LogP contribution in [0, 0.1) is 0 Å². The minimum absolute atomic E-state index is 0.0899. The summed E-state index contributed by atoms with van der Waals surface area (Å²) in [7, 11) is -9.79. The van der Waals surface area contributed by atoms with Crippen molar-refractivity contribution in [2.24, 2.45) is 0 Å². The van der Waals surface area contributed by atoms with Gasteiger partial charge in [-0.25, -0.2) is 9.13 Å². The van der Waals surface area contributed by atoms with Gasteiger partial charge in [-0.3, -0.25) is 32.5 Å². The number of rotatable bonds is 78. The van der Waals surface area contributed by atoms with Crippen LogP contribution in [0.4, 0.5) is 0 Å². The van der Waals surface area contributed by atoms with Crippen LogP contribution < -0.4 is 0 Å². The van der Waals surface area contributed by atoms with E-state index in [1.807, 2.05) is 0 Å². The first-order valence-corrected chi connectivity index (χ1v) is 44.5. The Hall–Kier alpha value is -4.31. The van der Waals surface area contributed by atoms with E-state index in [0.717, 1.165) is 167 Å². The number of carbonyl (C=O) groups is 3. The number of aliphatic hydroxyl groups excluding tert-OH is 2. The zero-order chi connectivity index (χ0) is 76.6. The van der Waals surface area contributed by atoms with Crippen molar-refractivity contribution in [1.29, 1.82) is 0 Å². The third kappa shape index (κ3) is 80.5. The molecule has 0 rings (SSSR count). The largest absolute Gasteiger partial charge is 0.472 e. The van der Waals surface area contributed by atoms with Gasteiger partial charge in [-0.15, -0.1) is 0 Å². The number of aliphatic hydroxyl groups is 2. The Morgan fingerprint density at radius 1 is 0.276 bits per heavy atom. The highest BCUT2D eigenvalue weighted by Crippen LogP contribution is 2.45. The predicted octanol–water partition coefficient (Wildman–Crippen LogP) is 24.7. The lowest BCUT2D eigenvalue weighted by Gasteiger charge is -2.21. The van der Waals surface area contributed by atoms with Gasteiger partial charge in [0.05, 0.1) is 26.4 Å². The zero-order valence-corrected chi connectivity index (χ0v) is 67.9. The van der Waals surface area contributed by atoms with Crippen LogP contribution in [-0.2, 0) is 55.8 Å². The molecule has 5 unspecified atom stereocenters. The molecule has 0 aromatic heterocycles. The van der Waals surface area contributed by atoms with Gasteiger partial charge in [0.1, 0.15) is 25.4 Å². The zero-order valence-electron chi connectivity index (χ0n) is 66.1. The average molecular weight is 1510 g/mol. The normalized spacial score (nSPS) is 14.6. The van der Waals surface area contributed by atoms with E-state index in [9.17, 15) is 43.5 Å². The van der Waals surface area contributed by atoms with Crippen molar-refractivity contribution >= 4 is 33.6 Å². The molecule has 0 bridgehead atoms. The lowest BCUT2D eigenvalue weighted by molar-refractivity contribution is -0.161. The van der Waals surface area contributed by atoms with Crippen LogP contribution in [0.3, 0.4) is 0 Å². The van der Waals surface area contributed by atoms with E-state index in [4.69, 9.17) is 32.3 Å². The van der Waals surface area contributed by atoms with Crippen LogP contribution in [-0.4, -0.2) is 95.9 Å². The maximum atomic E-state index is 12.9. The van der Waals surface area contributed by atoms with Crippen molar-refractivity contribution in [3.8, 4) is 0 Å². The number of allylic oxidation sites excluding steroid dienone is 22. The van der Waals surface area contributed by atoms with Gasteiger partial charge in [-0.1, -0.05) is 328 Å². The van der Waals surface area contributed by atoms with Crippen LogP contribution in [0.2, 0.25) is 0 Å². The first kappa shape index (κ1) is 101. The van der Waals surface area contributed by atoms with Crippen molar-refractivity contribution in [2.75, 3.05) is 39.6 Å². The second-order valence-electron chi connectivity index (χ2n) is 27.5. The summed E-state index contributed by atoms with van der Waals surface area (Å²) >= 11 is 0. The minimum atomic E-state index is -4.93. The molecule has 0 fully saturated rings. The first-order valence-electron chi connectivity index (χ1n) is 41.5. The SMILES string of the molecule is CC/C=C\C/C=C\C/C=C\C/C=C\C/C=C\CCCCCCCCCCCCCCCCCCCCCC(=O)OCC(O)COP(=O)(O)OCC(O)COP(=O)(O)OCC(COC(=O)CCCCCCCCC/C=C\C/C=C\C/C=C\C/C=C\C/C=C\CC)OC(=O)CCCCCCC/C=C\CCCC. The van der Waals surface area contributed by atoms with Gasteiger partial charge in [0.25, 0.3) is 0 Å². The van der Waals surface area contributed by atoms with Crippen molar-refractivity contribution in [3.63, 3.8) is 0 Å². The Labute approximate surface area is 639 Å². The number of hydrogen-bond donors (Lipinski definition) is 4. The number of unbranched alkanes of at least 4 members (excludes halogenated alkanes) is 33. The summed E-state index contributed by atoms with van der Waals surface area (Å²) in [5.41, 5.74) is 0. The van der Waals surface area contributed by atoms with E-state index < -0.39 is 91.5 Å². The Morgan fingerprint density at radius 3 is 0.810 bits per heavy atom. The van der Waals surface area contributed by atoms with Crippen LogP contribution in [0.1, 0.15) is 342 Å². The van der Waals surface area contributed by atoms with Gasteiger partial charge < -0.3 is 34.2 Å². The Kier molecular flexibility index (Phi) is 76.0. The van der Waals surface area contributed by atoms with Crippen LogP contribution in [0.5, 0.6) is 0 Å². The van der Waals surface area contributed by atoms with Gasteiger partial charge >= 0.3 is 33.6 Å². The Bertz CT molecular complexity index is 2440. The van der Waals surface area contributed by atoms with E-state index in [2.05, 4.69) is 154 Å². The monoisotopic (exact) mass is 1510 g/mol. The molecule has 5 atom stereocenters. The fourth-order valence-electron chi connectivity index (χ4n) is 11.1. The third-order valence-electron chi connectivity index (χ3n) is 17.3. The molecule has 0 aliphatic carbocycles. The number of carbonyl (C=O) groups excluding carboxylic acids is 3. The number of phosphoric acid groups is 2. The standard InChI is InChI=1S/C87H150O16P2/c1-4-7-10-13-16-19-22-24-26-28-30-32-34-35-36-37-38-39-40-41-42-43-44-45-47-49-50-52-54-56-59-61-64-67-70-73-85(90)97-76-82(88)77-99-104(93,94)100-78-83(89)79-101-105(95,96)102-81-84(103-87(92)75-72-69-66-63-58-21-18-15-12-9-6-3)80-98-86(91)74-71-68-65-62-60-57-55-53-51-48-46-33-31-29-27-25-23-20-17-14-11-8-5-2/h7-8,10-11,15-20,24-27,30-33,35-36,48,51,82-84,88-89H,4-6,9,12-14,21-23,28-29,34,37-47,49-50,52-81H2,1-3H3,(H,93,94)(H,95,96)/b10-7-,11-8-,18-15-,19-16-,20-17-,26-24-,27-25-,32-30-,33-31-,36-35-,51-48-. The van der Waals surface area contributed by atoms with E-state index in [-0.39, 0.29) is 19.3 Å². The predicted molar refractivity (Wildman–Crippen MR) is 436 cm³/mol. The molecule has 0 saturated carbocycles. The van der Waals surface area contributed by atoms with Crippen molar-refractivity contribution < 1.29 is 75.8 Å². The number of esters is 3. The summed E-state index contributed by atoms with van der Waals surface area (Å²) in [5, 5.41) is 20.6. The van der Waals surface area contributed by atoms with E-state index >= 15 is 0 Å². The molecule has 16 nitrogen and oxygen atoms in total. The topological polar surface area (TPSA) is 231 Å². The lowest BCUT2D eigenvalue weighted by atomic mass is 10.0. The molecule has 0 radical (unpaired) electrons. The van der Waals surface area contributed by atoms with Gasteiger partial charge in [0, 0.05) is 19.3 Å². The van der Waals surface area contributed by atoms with Crippen LogP contribution in [0.15, 0.2) is 134 Å². The average Bonchev–Trinajstić information content (AvgIpc) is 0.918. The molecule has 0 aliphatic heterocycles. The molecular formula is C87H150O16P2. The van der Waals surface area contributed by atoms with Crippen molar-refractivity contribution in [3.05, 3.63) is 134 Å². The quantitative estimate of drug-likeness (QED) is 0.0146. The van der Waals surface area contributed by atoms with Gasteiger partial charge in [0.2, 0.25) is 0 Å². The fraction of sp³-hybridized carbons (Fsp3) is 0.713. The smallest absolute Gasteiger partial charge is 0.463 e. The maximum Gasteiger partial charge on any atom is 0.472 e. The Morgan fingerprint density at radius 2 is 0.505 bits per heavy atom. The summed E-state index contributed by atoms with van der Waals surface area (Å²) in [6, 6.07) is 0. The summed E-state index contributed by atoms with van der Waals surface area (Å²) in [6.45, 7) is 2.41. The third-order valence-corrected chi connectivity index (χ3v) is 19.2. The molecule has 0 aromatic carbocycles. The molecule has 4 N–H and O–H groups in total. The van der Waals surface area contributed by atoms with Gasteiger partial charge in [0.15, 0.2) is 6.10 Å². The molecule has 0 spiro atoms. The molecule has 604 valence electrons. The molecule has 105 heavy (non-hydrogen) atoms. The van der Waals surface area contributed by atoms with Crippen LogP contribution in [0.25, 0.3) is 0 Å². The summed E-state index contributed by atoms with van der Waals surface area (Å²) in [5.74, 6) is -1.59. The molecule has 0 saturated heterocycles. The molecule has 0 heterocycles. The molecule has 0 amide bonds. The number of hydrogen-bond acceptors (Lipinski definition) is 14. The Balaban J connectivity index is 4.34. The van der Waals surface area contributed by atoms with E-state index in [1.54, 1.807) is 0 Å². The van der Waals surface area contributed by atoms with Crippen LogP contribution >= 0.6 is 15.6 Å². The van der Waals surface area contributed by atoms with Crippen molar-refractivity contribution in [2.45, 2.75) is 360 Å². The highest BCUT2D eigenvalue weighted by atomic mass is 31.2. The minimum Gasteiger partial charge on any atom is -0.463 e. The van der Waals surface area contributed by atoms with Crippen molar-refractivity contribution in [1.82, 2.24) is 0 Å².